The second-order valence-electron chi connectivity index (χ2n) is 14.3. The van der Waals surface area contributed by atoms with Crippen LogP contribution >= 0.6 is 22.7 Å². The number of rotatable bonds is 5. The molecule has 4 heterocycles. The van der Waals surface area contributed by atoms with E-state index in [0.717, 1.165) is 16.7 Å². The molecule has 0 spiro atoms. The lowest BCUT2D eigenvalue weighted by atomic mass is 9.95. The van der Waals surface area contributed by atoms with Crippen molar-refractivity contribution in [3.05, 3.63) is 182 Å². The number of hydrogen-bond acceptors (Lipinski definition) is 5. The van der Waals surface area contributed by atoms with E-state index in [-0.39, 0.29) is 0 Å². The topological polar surface area (TPSA) is 43.6 Å². The highest BCUT2D eigenvalue weighted by molar-refractivity contribution is 7.26. The minimum Gasteiger partial charge on any atom is -0.308 e. The summed E-state index contributed by atoms with van der Waals surface area (Å²) in [6.45, 7) is 0. The molecule has 4 nitrogen and oxygen atoms in total. The van der Waals surface area contributed by atoms with Crippen LogP contribution in [0.4, 0.5) is 0 Å². The molecule has 4 aromatic heterocycles. The third-order valence-corrected chi connectivity index (χ3v) is 13.4. The maximum absolute atomic E-state index is 5.02. The molecule has 0 atom stereocenters. The van der Waals surface area contributed by atoms with Gasteiger partial charge in [0.1, 0.15) is 0 Å². The zero-order chi connectivity index (χ0) is 37.5. The first kappa shape index (κ1) is 32.3. The second-order valence-corrected chi connectivity index (χ2v) is 16.5. The van der Waals surface area contributed by atoms with Crippen LogP contribution in [0.5, 0.6) is 0 Å². The molecule has 0 aliphatic carbocycles. The Morgan fingerprint density at radius 3 is 1.49 bits per heavy atom. The van der Waals surface area contributed by atoms with Gasteiger partial charge in [-0.1, -0.05) is 146 Å². The Bertz CT molecular complexity index is 3410. The summed E-state index contributed by atoms with van der Waals surface area (Å²) in [7, 11) is 0. The van der Waals surface area contributed by atoms with E-state index in [0.29, 0.717) is 17.5 Å². The number of fused-ring (bicyclic) bond motifs is 9. The summed E-state index contributed by atoms with van der Waals surface area (Å²) >= 11 is 3.71. The first-order valence-corrected chi connectivity index (χ1v) is 20.7. The molecule has 12 rings (SSSR count). The van der Waals surface area contributed by atoms with Gasteiger partial charge in [-0.3, -0.25) is 0 Å². The molecule has 266 valence electrons. The number of aromatic nitrogens is 4. The molecule has 0 aliphatic rings. The van der Waals surface area contributed by atoms with Crippen LogP contribution in [0.2, 0.25) is 0 Å². The summed E-state index contributed by atoms with van der Waals surface area (Å²) in [6.07, 6.45) is 0. The van der Waals surface area contributed by atoms with E-state index in [1.165, 1.54) is 79.0 Å². The quantitative estimate of drug-likeness (QED) is 0.175. The molecule has 12 aromatic rings. The zero-order valence-corrected chi connectivity index (χ0v) is 32.1. The Kier molecular flexibility index (Phi) is 7.24. The monoisotopic (exact) mass is 762 g/mol. The molecular formula is C51H30N4S2. The number of para-hydroxylation sites is 2. The van der Waals surface area contributed by atoms with Crippen molar-refractivity contribution in [2.24, 2.45) is 0 Å². The van der Waals surface area contributed by atoms with Crippen LogP contribution in [0.15, 0.2) is 182 Å². The van der Waals surface area contributed by atoms with Crippen molar-refractivity contribution in [3.8, 4) is 51.0 Å². The van der Waals surface area contributed by atoms with Crippen molar-refractivity contribution in [1.29, 1.82) is 0 Å². The first-order valence-electron chi connectivity index (χ1n) is 19.0. The highest BCUT2D eigenvalue weighted by Gasteiger charge is 2.20. The number of nitrogens with zero attached hydrogens (tertiary/aromatic N) is 4. The Morgan fingerprint density at radius 2 is 0.860 bits per heavy atom. The van der Waals surface area contributed by atoms with Gasteiger partial charge in [-0.2, -0.15) is 0 Å². The van der Waals surface area contributed by atoms with Gasteiger partial charge in [-0.15, -0.1) is 22.7 Å². The van der Waals surface area contributed by atoms with E-state index in [4.69, 9.17) is 15.0 Å². The Balaban J connectivity index is 1.04. The predicted octanol–water partition coefficient (Wildman–Crippen LogP) is 14.4. The third-order valence-electron chi connectivity index (χ3n) is 11.1. The van der Waals surface area contributed by atoms with Gasteiger partial charge < -0.3 is 4.57 Å². The lowest BCUT2D eigenvalue weighted by Gasteiger charge is -2.10. The second kappa shape index (κ2) is 12.8. The lowest BCUT2D eigenvalue weighted by Crippen LogP contribution is -1.99. The molecule has 0 N–H and O–H groups in total. The highest BCUT2D eigenvalue weighted by Crippen LogP contribution is 2.47. The number of thiophene rings is 2. The van der Waals surface area contributed by atoms with E-state index in [9.17, 15) is 0 Å². The van der Waals surface area contributed by atoms with Crippen molar-refractivity contribution in [2.45, 2.75) is 0 Å². The molecule has 0 saturated heterocycles. The average Bonchev–Trinajstić information content (AvgIpc) is 3.96. The minimum absolute atomic E-state index is 0.663. The standard InChI is InChI=1S/C51H30N4S2/c1-3-14-31(15-4-1)49-52-50(32-16-5-2-6-17-32)54-51(53-49)33-28-29-38-45(30-33)56-43-26-12-20-36(46(38)43)37-21-13-27-44-47(37)39-22-11-25-42(48(39)57-44)55-40-23-9-7-18-34(40)35-19-8-10-24-41(35)55/h1-30H. The first-order chi connectivity index (χ1) is 28.3. The van der Waals surface area contributed by atoms with Gasteiger partial charge in [0.25, 0.3) is 0 Å². The molecule has 0 saturated carbocycles. The molecule has 0 amide bonds. The molecule has 57 heavy (non-hydrogen) atoms. The maximum Gasteiger partial charge on any atom is 0.164 e. The van der Waals surface area contributed by atoms with Crippen LogP contribution < -0.4 is 0 Å². The van der Waals surface area contributed by atoms with Crippen molar-refractivity contribution < 1.29 is 0 Å². The molecule has 0 fully saturated rings. The molecule has 6 heteroatoms. The summed E-state index contributed by atoms with van der Waals surface area (Å²) in [5, 5.41) is 7.64. The molecule has 0 radical (unpaired) electrons. The summed E-state index contributed by atoms with van der Waals surface area (Å²) in [4.78, 5) is 15.0. The molecule has 0 bridgehead atoms. The predicted molar refractivity (Wildman–Crippen MR) is 242 cm³/mol. The molecule has 0 aliphatic heterocycles. The van der Waals surface area contributed by atoms with Gasteiger partial charge in [0.05, 0.1) is 21.4 Å². The average molecular weight is 763 g/mol. The maximum atomic E-state index is 5.02. The zero-order valence-electron chi connectivity index (χ0n) is 30.4. The third kappa shape index (κ3) is 5.08. The van der Waals surface area contributed by atoms with E-state index >= 15 is 0 Å². The normalized spacial score (nSPS) is 11.9. The molecular weight excluding hydrogens is 733 g/mol. The molecule has 8 aromatic carbocycles. The van der Waals surface area contributed by atoms with Gasteiger partial charge in [-0.25, -0.2) is 15.0 Å². The number of hydrogen-bond donors (Lipinski definition) is 0. The smallest absolute Gasteiger partial charge is 0.164 e. The van der Waals surface area contributed by atoms with Gasteiger partial charge in [0.15, 0.2) is 17.5 Å². The van der Waals surface area contributed by atoms with E-state index in [1.54, 1.807) is 0 Å². The largest absolute Gasteiger partial charge is 0.308 e. The summed E-state index contributed by atoms with van der Waals surface area (Å²) < 4.78 is 7.49. The van der Waals surface area contributed by atoms with Gasteiger partial charge >= 0.3 is 0 Å². The van der Waals surface area contributed by atoms with Gasteiger partial charge in [0, 0.05) is 63.1 Å². The Hall–Kier alpha value is -6.99. The molecule has 0 unspecified atom stereocenters. The minimum atomic E-state index is 0.663. The van der Waals surface area contributed by atoms with E-state index in [2.05, 4.69) is 126 Å². The summed E-state index contributed by atoms with van der Waals surface area (Å²) in [5.41, 5.74) is 9.06. The van der Waals surface area contributed by atoms with Crippen LogP contribution in [0.3, 0.4) is 0 Å². The Labute approximate surface area is 335 Å². The fourth-order valence-electron chi connectivity index (χ4n) is 8.54. The van der Waals surface area contributed by atoms with E-state index in [1.807, 2.05) is 83.3 Å². The summed E-state index contributed by atoms with van der Waals surface area (Å²) in [5.74, 6) is 1.99. The van der Waals surface area contributed by atoms with Gasteiger partial charge in [0.2, 0.25) is 0 Å². The lowest BCUT2D eigenvalue weighted by molar-refractivity contribution is 1.07. The van der Waals surface area contributed by atoms with Crippen LogP contribution in [0, 0.1) is 0 Å². The van der Waals surface area contributed by atoms with Crippen LogP contribution in [-0.4, -0.2) is 19.5 Å². The fraction of sp³-hybridized carbons (Fsp3) is 0. The van der Waals surface area contributed by atoms with Crippen LogP contribution in [0.25, 0.3) is 113 Å². The van der Waals surface area contributed by atoms with Crippen molar-refractivity contribution >= 4 is 84.8 Å². The van der Waals surface area contributed by atoms with Crippen molar-refractivity contribution in [2.75, 3.05) is 0 Å². The highest BCUT2D eigenvalue weighted by atomic mass is 32.1. The van der Waals surface area contributed by atoms with E-state index < -0.39 is 0 Å². The van der Waals surface area contributed by atoms with Crippen LogP contribution in [0.1, 0.15) is 0 Å². The fourth-order valence-corrected chi connectivity index (χ4v) is 10.9. The van der Waals surface area contributed by atoms with Crippen molar-refractivity contribution in [3.63, 3.8) is 0 Å². The summed E-state index contributed by atoms with van der Waals surface area (Å²) in [6, 6.07) is 64.8. The van der Waals surface area contributed by atoms with Crippen LogP contribution in [-0.2, 0) is 0 Å². The van der Waals surface area contributed by atoms with Gasteiger partial charge in [-0.05, 0) is 47.5 Å². The SMILES string of the molecule is c1ccc(-c2nc(-c3ccccc3)nc(-c3ccc4c(c3)sc3cccc(-c5cccc6sc7c(-n8c9ccccc9c9ccccc98)cccc7c56)c34)n2)cc1. The number of benzene rings is 8. The van der Waals surface area contributed by atoms with Crippen molar-refractivity contribution in [1.82, 2.24) is 19.5 Å². The Morgan fingerprint density at radius 1 is 0.351 bits per heavy atom.